The van der Waals surface area contributed by atoms with Crippen molar-refractivity contribution in [1.29, 1.82) is 0 Å². The average Bonchev–Trinajstić information content (AvgIpc) is 3.13. The quantitative estimate of drug-likeness (QED) is 0.889. The summed E-state index contributed by atoms with van der Waals surface area (Å²) in [6.07, 6.45) is 0.744. The van der Waals surface area contributed by atoms with Crippen LogP contribution in [-0.2, 0) is 22.5 Å². The molecule has 2 aliphatic heterocycles. The Morgan fingerprint density at radius 1 is 1.19 bits per heavy atom. The molecule has 2 aromatic carbocycles. The summed E-state index contributed by atoms with van der Waals surface area (Å²) in [4.78, 5) is 15.0. The van der Waals surface area contributed by atoms with E-state index in [1.165, 1.54) is 16.8 Å². The predicted molar refractivity (Wildman–Crippen MR) is 104 cm³/mol. The number of aryl methyl sites for hydroxylation is 1. The molecule has 5 heteroatoms. The number of para-hydroxylation sites is 2. The molecule has 1 fully saturated rings. The number of carbonyl (C=O) groups is 1. The number of morpholine rings is 1. The lowest BCUT2D eigenvalue weighted by atomic mass is 10.1. The maximum Gasteiger partial charge on any atom is 0.243 e. The fourth-order valence-corrected chi connectivity index (χ4v) is 3.79. The first kappa shape index (κ1) is 16.9. The second-order valence-corrected chi connectivity index (χ2v) is 6.96. The van der Waals surface area contributed by atoms with Crippen LogP contribution in [0, 0.1) is 6.92 Å². The number of ether oxygens (including phenoxy) is 1. The molecule has 5 nitrogen and oxygen atoms in total. The summed E-state index contributed by atoms with van der Waals surface area (Å²) < 4.78 is 5.45. The summed E-state index contributed by atoms with van der Waals surface area (Å²) in [5.74, 6) is 0.0531. The Morgan fingerprint density at radius 3 is 2.81 bits per heavy atom. The van der Waals surface area contributed by atoms with Crippen LogP contribution in [0.4, 0.5) is 11.4 Å². The van der Waals surface area contributed by atoms with E-state index in [4.69, 9.17) is 4.74 Å². The van der Waals surface area contributed by atoms with Crippen molar-refractivity contribution in [2.45, 2.75) is 25.9 Å². The van der Waals surface area contributed by atoms with Crippen LogP contribution in [0.5, 0.6) is 0 Å². The topological polar surface area (TPSA) is 53.6 Å². The zero-order valence-electron chi connectivity index (χ0n) is 15.1. The summed E-state index contributed by atoms with van der Waals surface area (Å²) in [7, 11) is 0. The zero-order valence-corrected chi connectivity index (χ0v) is 15.1. The van der Waals surface area contributed by atoms with Gasteiger partial charge in [0.15, 0.2) is 0 Å². The molecule has 1 atom stereocenters. The summed E-state index contributed by atoms with van der Waals surface area (Å²) in [5, 5.41) is 6.49. The Morgan fingerprint density at radius 2 is 2.00 bits per heavy atom. The van der Waals surface area contributed by atoms with Crippen LogP contribution in [0.15, 0.2) is 42.5 Å². The predicted octanol–water partition coefficient (Wildman–Crippen LogP) is 2.48. The summed E-state index contributed by atoms with van der Waals surface area (Å²) in [6.45, 7) is 5.91. The van der Waals surface area contributed by atoms with Crippen molar-refractivity contribution in [3.63, 3.8) is 0 Å². The standard InChI is InChI=1S/C21H25N3O2/c1-15-5-4-7-16-13-18(23-20(15)16)21(25)22-14-17-6-2-3-8-19(17)24-9-11-26-12-10-24/h2-8,18,23H,9-14H2,1H3,(H,22,25). The van der Waals surface area contributed by atoms with E-state index in [1.54, 1.807) is 0 Å². The van der Waals surface area contributed by atoms with E-state index in [9.17, 15) is 4.79 Å². The number of hydrogen-bond donors (Lipinski definition) is 2. The lowest BCUT2D eigenvalue weighted by Gasteiger charge is -2.30. The Bertz CT molecular complexity index is 800. The van der Waals surface area contributed by atoms with E-state index in [2.05, 4.69) is 52.8 Å². The molecular formula is C21H25N3O2. The smallest absolute Gasteiger partial charge is 0.243 e. The fourth-order valence-electron chi connectivity index (χ4n) is 3.79. The van der Waals surface area contributed by atoms with E-state index >= 15 is 0 Å². The second kappa shape index (κ2) is 7.38. The highest BCUT2D eigenvalue weighted by Crippen LogP contribution is 2.29. The van der Waals surface area contributed by atoms with Crippen LogP contribution in [0.3, 0.4) is 0 Å². The lowest BCUT2D eigenvalue weighted by Crippen LogP contribution is -2.39. The summed E-state index contributed by atoms with van der Waals surface area (Å²) >= 11 is 0. The fraction of sp³-hybridized carbons (Fsp3) is 0.381. The molecule has 26 heavy (non-hydrogen) atoms. The third-order valence-electron chi connectivity index (χ3n) is 5.21. The van der Waals surface area contributed by atoms with Gasteiger partial charge in [-0.2, -0.15) is 0 Å². The molecule has 0 radical (unpaired) electrons. The van der Waals surface area contributed by atoms with Gasteiger partial charge in [0, 0.05) is 37.4 Å². The van der Waals surface area contributed by atoms with Crippen molar-refractivity contribution >= 4 is 17.3 Å². The third-order valence-corrected chi connectivity index (χ3v) is 5.21. The summed E-state index contributed by atoms with van der Waals surface area (Å²) in [6, 6.07) is 14.3. The first-order valence-corrected chi connectivity index (χ1v) is 9.26. The number of amides is 1. The minimum atomic E-state index is -0.193. The van der Waals surface area contributed by atoms with Gasteiger partial charge in [-0.3, -0.25) is 4.79 Å². The van der Waals surface area contributed by atoms with Crippen LogP contribution in [0.1, 0.15) is 16.7 Å². The van der Waals surface area contributed by atoms with Gasteiger partial charge in [0.2, 0.25) is 5.91 Å². The molecule has 2 N–H and O–H groups in total. The molecule has 1 unspecified atom stereocenters. The van der Waals surface area contributed by atoms with E-state index in [0.717, 1.165) is 44.0 Å². The number of nitrogens with one attached hydrogen (secondary N) is 2. The normalized spacial score (nSPS) is 19.0. The molecule has 0 spiro atoms. The minimum absolute atomic E-state index is 0.0531. The van der Waals surface area contributed by atoms with Crippen molar-refractivity contribution in [1.82, 2.24) is 5.32 Å². The monoisotopic (exact) mass is 351 g/mol. The third kappa shape index (κ3) is 3.40. The highest BCUT2D eigenvalue weighted by Gasteiger charge is 2.27. The van der Waals surface area contributed by atoms with Crippen LogP contribution in [0.2, 0.25) is 0 Å². The second-order valence-electron chi connectivity index (χ2n) is 6.96. The maximum absolute atomic E-state index is 12.7. The average molecular weight is 351 g/mol. The van der Waals surface area contributed by atoms with E-state index in [1.807, 2.05) is 12.1 Å². The van der Waals surface area contributed by atoms with Gasteiger partial charge in [0.05, 0.1) is 13.2 Å². The van der Waals surface area contributed by atoms with Crippen LogP contribution in [0.25, 0.3) is 0 Å². The van der Waals surface area contributed by atoms with Crippen molar-refractivity contribution < 1.29 is 9.53 Å². The van der Waals surface area contributed by atoms with Gasteiger partial charge in [-0.05, 0) is 29.7 Å². The van der Waals surface area contributed by atoms with Crippen LogP contribution < -0.4 is 15.5 Å². The van der Waals surface area contributed by atoms with E-state index in [0.29, 0.717) is 6.54 Å². The number of rotatable bonds is 4. The van der Waals surface area contributed by atoms with E-state index < -0.39 is 0 Å². The van der Waals surface area contributed by atoms with Crippen molar-refractivity contribution in [2.24, 2.45) is 0 Å². The Kier molecular flexibility index (Phi) is 4.80. The number of fused-ring (bicyclic) bond motifs is 1. The SMILES string of the molecule is Cc1cccc2c1NC(C(=O)NCc1ccccc1N1CCOCC1)C2. The zero-order chi connectivity index (χ0) is 17.9. The van der Waals surface area contributed by atoms with Gasteiger partial charge in [-0.15, -0.1) is 0 Å². The van der Waals surface area contributed by atoms with Gasteiger partial charge < -0.3 is 20.3 Å². The molecule has 2 heterocycles. The van der Waals surface area contributed by atoms with Crippen LogP contribution >= 0.6 is 0 Å². The summed E-state index contributed by atoms with van der Waals surface area (Å²) in [5.41, 5.74) is 5.86. The van der Waals surface area contributed by atoms with Crippen LogP contribution in [-0.4, -0.2) is 38.3 Å². The van der Waals surface area contributed by atoms with Gasteiger partial charge in [-0.1, -0.05) is 36.4 Å². The highest BCUT2D eigenvalue weighted by atomic mass is 16.5. The van der Waals surface area contributed by atoms with Gasteiger partial charge in [0.25, 0.3) is 0 Å². The molecule has 1 amide bonds. The molecule has 0 bridgehead atoms. The number of carbonyl (C=O) groups excluding carboxylic acids is 1. The Labute approximate surface area is 154 Å². The molecule has 0 saturated carbocycles. The maximum atomic E-state index is 12.7. The Hall–Kier alpha value is -2.53. The molecule has 2 aromatic rings. The highest BCUT2D eigenvalue weighted by molar-refractivity contribution is 5.88. The van der Waals surface area contributed by atoms with E-state index in [-0.39, 0.29) is 11.9 Å². The van der Waals surface area contributed by atoms with Crippen molar-refractivity contribution in [3.8, 4) is 0 Å². The van der Waals surface area contributed by atoms with Gasteiger partial charge in [0.1, 0.15) is 6.04 Å². The largest absolute Gasteiger partial charge is 0.378 e. The number of benzene rings is 2. The molecule has 1 saturated heterocycles. The molecule has 2 aliphatic rings. The number of hydrogen-bond acceptors (Lipinski definition) is 4. The van der Waals surface area contributed by atoms with Gasteiger partial charge in [-0.25, -0.2) is 0 Å². The van der Waals surface area contributed by atoms with Gasteiger partial charge >= 0.3 is 0 Å². The number of nitrogens with zero attached hydrogens (tertiary/aromatic N) is 1. The van der Waals surface area contributed by atoms with Crippen molar-refractivity contribution in [2.75, 3.05) is 36.5 Å². The number of anilines is 2. The Balaban J connectivity index is 1.41. The van der Waals surface area contributed by atoms with Crippen molar-refractivity contribution in [3.05, 3.63) is 59.2 Å². The molecule has 0 aromatic heterocycles. The molecule has 136 valence electrons. The minimum Gasteiger partial charge on any atom is -0.378 e. The first-order valence-electron chi connectivity index (χ1n) is 9.26. The molecular weight excluding hydrogens is 326 g/mol. The first-order chi connectivity index (χ1) is 12.7. The molecule has 0 aliphatic carbocycles. The lowest BCUT2D eigenvalue weighted by molar-refractivity contribution is -0.121. The molecule has 4 rings (SSSR count).